The van der Waals surface area contributed by atoms with Crippen molar-refractivity contribution in [3.8, 4) is 0 Å². The van der Waals surface area contributed by atoms with Crippen LogP contribution >= 0.6 is 11.6 Å². The third-order valence-corrected chi connectivity index (χ3v) is 5.73. The van der Waals surface area contributed by atoms with Crippen LogP contribution in [-0.2, 0) is 11.3 Å². The second kappa shape index (κ2) is 6.94. The van der Waals surface area contributed by atoms with Crippen LogP contribution < -0.4 is 4.90 Å². The molecule has 142 valence electrons. The average molecular weight is 399 g/mol. The van der Waals surface area contributed by atoms with E-state index < -0.39 is 0 Å². The molecule has 3 aromatic carbocycles. The van der Waals surface area contributed by atoms with E-state index in [1.165, 1.54) is 5.56 Å². The highest BCUT2D eigenvalue weighted by Gasteiger charge is 2.29. The van der Waals surface area contributed by atoms with E-state index in [0.717, 1.165) is 44.9 Å². The summed E-state index contributed by atoms with van der Waals surface area (Å²) in [5.41, 5.74) is 6.03. The predicted molar refractivity (Wildman–Crippen MR) is 120 cm³/mol. The van der Waals surface area contributed by atoms with Crippen molar-refractivity contribution >= 4 is 45.7 Å². The van der Waals surface area contributed by atoms with Crippen molar-refractivity contribution in [1.29, 1.82) is 0 Å². The molecule has 0 unspecified atom stereocenters. The zero-order valence-corrected chi connectivity index (χ0v) is 16.7. The highest BCUT2D eigenvalue weighted by atomic mass is 35.5. The Bertz CT molecular complexity index is 1270. The van der Waals surface area contributed by atoms with Crippen molar-refractivity contribution in [2.75, 3.05) is 11.9 Å². The Labute approximate surface area is 174 Å². The molecule has 4 heteroatoms. The first kappa shape index (κ1) is 17.8. The summed E-state index contributed by atoms with van der Waals surface area (Å²) in [5, 5.41) is 1.87. The van der Waals surface area contributed by atoms with Gasteiger partial charge in [0.15, 0.2) is 0 Å². The van der Waals surface area contributed by atoms with Gasteiger partial charge in [0.25, 0.3) is 5.91 Å². The van der Waals surface area contributed by atoms with Crippen LogP contribution in [0.15, 0.2) is 79.0 Å². The molecule has 29 heavy (non-hydrogen) atoms. The SMILES string of the molecule is CN1C(=O)C(=Cc2cn(Cc3ccc(Cl)cc3)c3ccccc23)c2ccccc21. The normalized spacial score (nSPS) is 14.8. The van der Waals surface area contributed by atoms with Gasteiger partial charge in [0.1, 0.15) is 0 Å². The van der Waals surface area contributed by atoms with Crippen LogP contribution in [0.5, 0.6) is 0 Å². The number of para-hydroxylation sites is 2. The number of amides is 1. The van der Waals surface area contributed by atoms with Gasteiger partial charge in [-0.15, -0.1) is 0 Å². The molecule has 4 aromatic rings. The molecule has 0 saturated carbocycles. The number of anilines is 1. The number of fused-ring (bicyclic) bond motifs is 2. The maximum atomic E-state index is 12.9. The van der Waals surface area contributed by atoms with E-state index in [1.807, 2.05) is 73.8 Å². The monoisotopic (exact) mass is 398 g/mol. The first-order valence-electron chi connectivity index (χ1n) is 9.53. The third kappa shape index (κ3) is 3.04. The smallest absolute Gasteiger partial charge is 0.258 e. The van der Waals surface area contributed by atoms with E-state index in [4.69, 9.17) is 11.6 Å². The number of likely N-dealkylation sites (N-methyl/N-ethyl adjacent to an activating group) is 1. The first-order chi connectivity index (χ1) is 14.1. The molecule has 1 amide bonds. The summed E-state index contributed by atoms with van der Waals surface area (Å²) >= 11 is 6.03. The Morgan fingerprint density at radius 3 is 2.48 bits per heavy atom. The van der Waals surface area contributed by atoms with Gasteiger partial charge in [-0.3, -0.25) is 4.79 Å². The summed E-state index contributed by atoms with van der Waals surface area (Å²) < 4.78 is 2.22. The number of hydrogen-bond donors (Lipinski definition) is 0. The Morgan fingerprint density at radius 2 is 1.66 bits per heavy atom. The number of rotatable bonds is 3. The van der Waals surface area contributed by atoms with E-state index in [1.54, 1.807) is 4.90 Å². The molecule has 1 aliphatic heterocycles. The first-order valence-corrected chi connectivity index (χ1v) is 9.91. The molecule has 0 aliphatic carbocycles. The lowest BCUT2D eigenvalue weighted by atomic mass is 10.0. The summed E-state index contributed by atoms with van der Waals surface area (Å²) in [6.07, 6.45) is 4.14. The van der Waals surface area contributed by atoms with Gasteiger partial charge in [0, 0.05) is 52.4 Å². The van der Waals surface area contributed by atoms with E-state index in [0.29, 0.717) is 0 Å². The van der Waals surface area contributed by atoms with Crippen LogP contribution in [0, 0.1) is 0 Å². The van der Waals surface area contributed by atoms with Crippen molar-refractivity contribution in [3.63, 3.8) is 0 Å². The van der Waals surface area contributed by atoms with Gasteiger partial charge in [0.2, 0.25) is 0 Å². The van der Waals surface area contributed by atoms with Crippen LogP contribution in [0.1, 0.15) is 16.7 Å². The number of nitrogens with zero attached hydrogens (tertiary/aromatic N) is 2. The number of carbonyl (C=O) groups is 1. The number of hydrogen-bond acceptors (Lipinski definition) is 1. The minimum Gasteiger partial charge on any atom is -0.342 e. The summed E-state index contributed by atoms with van der Waals surface area (Å²) in [5.74, 6) is 0.0285. The van der Waals surface area contributed by atoms with E-state index >= 15 is 0 Å². The molecule has 5 rings (SSSR count). The second-order valence-corrected chi connectivity index (χ2v) is 7.73. The van der Waals surface area contributed by atoms with Crippen LogP contribution in [0.25, 0.3) is 22.6 Å². The van der Waals surface area contributed by atoms with E-state index in [2.05, 4.69) is 22.9 Å². The lowest BCUT2D eigenvalue weighted by Crippen LogP contribution is -2.20. The summed E-state index contributed by atoms with van der Waals surface area (Å²) in [4.78, 5) is 14.6. The lowest BCUT2D eigenvalue weighted by Gasteiger charge is -2.07. The molecule has 3 nitrogen and oxygen atoms in total. The topological polar surface area (TPSA) is 25.2 Å². The molecule has 2 heterocycles. The molecule has 0 saturated heterocycles. The van der Waals surface area contributed by atoms with Gasteiger partial charge in [-0.1, -0.05) is 60.1 Å². The van der Waals surface area contributed by atoms with Crippen LogP contribution in [0.4, 0.5) is 5.69 Å². The Hall–Kier alpha value is -3.30. The number of halogens is 1. The minimum atomic E-state index is 0.0285. The van der Waals surface area contributed by atoms with Gasteiger partial charge < -0.3 is 9.47 Å². The number of benzene rings is 3. The summed E-state index contributed by atoms with van der Waals surface area (Å²) in [6.45, 7) is 0.741. The van der Waals surface area contributed by atoms with Gasteiger partial charge in [-0.25, -0.2) is 0 Å². The molecule has 0 atom stereocenters. The molecule has 1 aliphatic rings. The fraction of sp³-hybridized carbons (Fsp3) is 0.0800. The fourth-order valence-electron chi connectivity index (χ4n) is 4.00. The molecular formula is C25H19ClN2O. The van der Waals surface area contributed by atoms with Crippen LogP contribution in [0.2, 0.25) is 5.02 Å². The maximum Gasteiger partial charge on any atom is 0.258 e. The van der Waals surface area contributed by atoms with Gasteiger partial charge in [0.05, 0.1) is 5.69 Å². The zero-order chi connectivity index (χ0) is 20.0. The van der Waals surface area contributed by atoms with Crippen molar-refractivity contribution in [2.24, 2.45) is 0 Å². The van der Waals surface area contributed by atoms with Crippen molar-refractivity contribution < 1.29 is 4.79 Å². The molecule has 1 aromatic heterocycles. The number of carbonyl (C=O) groups excluding carboxylic acids is 1. The molecular weight excluding hydrogens is 380 g/mol. The van der Waals surface area contributed by atoms with Crippen LogP contribution in [0.3, 0.4) is 0 Å². The van der Waals surface area contributed by atoms with Crippen molar-refractivity contribution in [3.05, 3.63) is 101 Å². The molecule has 0 bridgehead atoms. The van der Waals surface area contributed by atoms with Gasteiger partial charge >= 0.3 is 0 Å². The Balaban J connectivity index is 1.62. The molecule has 0 fully saturated rings. The summed E-state index contributed by atoms with van der Waals surface area (Å²) in [6, 6.07) is 24.1. The van der Waals surface area contributed by atoms with E-state index in [-0.39, 0.29) is 5.91 Å². The Kier molecular flexibility index (Phi) is 4.26. The Morgan fingerprint density at radius 1 is 0.931 bits per heavy atom. The predicted octanol–water partition coefficient (Wildman–Crippen LogP) is 5.86. The molecule has 0 radical (unpaired) electrons. The standard InChI is InChI=1S/C25H19ClN2O/c1-27-23-8-4-3-7-21(23)22(25(27)29)14-18-16-28(24-9-5-2-6-20(18)24)15-17-10-12-19(26)13-11-17/h2-14,16H,15H2,1H3. The second-order valence-electron chi connectivity index (χ2n) is 7.30. The quantitative estimate of drug-likeness (QED) is 0.397. The number of aromatic nitrogens is 1. The average Bonchev–Trinajstić information content (AvgIpc) is 3.21. The zero-order valence-electron chi connectivity index (χ0n) is 16.0. The lowest BCUT2D eigenvalue weighted by molar-refractivity contribution is -0.112. The van der Waals surface area contributed by atoms with Crippen LogP contribution in [-0.4, -0.2) is 17.5 Å². The van der Waals surface area contributed by atoms with E-state index in [9.17, 15) is 4.79 Å². The minimum absolute atomic E-state index is 0.0285. The summed E-state index contributed by atoms with van der Waals surface area (Å²) in [7, 11) is 1.83. The highest BCUT2D eigenvalue weighted by Crippen LogP contribution is 2.37. The maximum absolute atomic E-state index is 12.9. The molecule has 0 N–H and O–H groups in total. The molecule has 0 spiro atoms. The van der Waals surface area contributed by atoms with Crippen molar-refractivity contribution in [1.82, 2.24) is 4.57 Å². The largest absolute Gasteiger partial charge is 0.342 e. The highest BCUT2D eigenvalue weighted by molar-refractivity contribution is 6.36. The fourth-order valence-corrected chi connectivity index (χ4v) is 4.13. The van der Waals surface area contributed by atoms with Gasteiger partial charge in [-0.2, -0.15) is 0 Å². The van der Waals surface area contributed by atoms with Gasteiger partial charge in [-0.05, 0) is 35.9 Å². The van der Waals surface area contributed by atoms with Crippen molar-refractivity contribution in [2.45, 2.75) is 6.54 Å². The third-order valence-electron chi connectivity index (χ3n) is 5.48.